The van der Waals surface area contributed by atoms with E-state index in [2.05, 4.69) is 13.8 Å². The molecule has 0 saturated carbocycles. The molecule has 0 atom stereocenters. The summed E-state index contributed by atoms with van der Waals surface area (Å²) < 4.78 is 5.22. The highest BCUT2D eigenvalue weighted by molar-refractivity contribution is 4.95. The Morgan fingerprint density at radius 2 is 1.33 bits per heavy atom. The molecule has 0 heterocycles. The van der Waals surface area contributed by atoms with Crippen LogP contribution in [-0.4, -0.2) is 0 Å². The first-order valence-electron chi connectivity index (χ1n) is 5.79. The van der Waals surface area contributed by atoms with Gasteiger partial charge >= 0.3 is 0 Å². The van der Waals surface area contributed by atoms with Gasteiger partial charge in [0, 0.05) is 0 Å². The number of hydrogen-bond acceptors (Lipinski definition) is 3. The first-order chi connectivity index (χ1) is 7.20. The fraction of sp³-hybridized carbons (Fsp3) is 0.667. The van der Waals surface area contributed by atoms with Crippen LogP contribution in [0.25, 0.3) is 0 Å². The van der Waals surface area contributed by atoms with Gasteiger partial charge in [0.05, 0.1) is 0 Å². The lowest BCUT2D eigenvalue weighted by Crippen LogP contribution is -2.08. The molecule has 0 aromatic carbocycles. The van der Waals surface area contributed by atoms with E-state index in [4.69, 9.17) is 16.2 Å². The molecule has 0 radical (unpaired) electrons. The van der Waals surface area contributed by atoms with Crippen LogP contribution in [0.4, 0.5) is 0 Å². The van der Waals surface area contributed by atoms with Gasteiger partial charge in [-0.15, -0.1) is 0 Å². The minimum absolute atomic E-state index is 0.411. The second kappa shape index (κ2) is 9.44. The lowest BCUT2D eigenvalue weighted by atomic mass is 10.2. The van der Waals surface area contributed by atoms with Gasteiger partial charge in [0.15, 0.2) is 11.8 Å². The summed E-state index contributed by atoms with van der Waals surface area (Å²) in [6.07, 6.45) is 10.2. The lowest BCUT2D eigenvalue weighted by molar-refractivity contribution is 0.293. The van der Waals surface area contributed by atoms with E-state index in [0.717, 1.165) is 38.5 Å². The minimum Gasteiger partial charge on any atom is -0.427 e. The largest absolute Gasteiger partial charge is 0.427 e. The summed E-state index contributed by atoms with van der Waals surface area (Å²) in [5.74, 6) is 0.822. The van der Waals surface area contributed by atoms with Crippen molar-refractivity contribution in [2.45, 2.75) is 52.4 Å². The average Bonchev–Trinajstić information content (AvgIpc) is 2.18. The summed E-state index contributed by atoms with van der Waals surface area (Å²) in [6, 6.07) is 0. The Labute approximate surface area is 93.2 Å². The molecular formula is C12H24N2O. The fourth-order valence-corrected chi connectivity index (χ4v) is 1.12. The Morgan fingerprint density at radius 3 is 1.67 bits per heavy atom. The van der Waals surface area contributed by atoms with Gasteiger partial charge in [-0.25, -0.2) is 0 Å². The summed E-state index contributed by atoms with van der Waals surface area (Å²) in [7, 11) is 0. The van der Waals surface area contributed by atoms with E-state index in [0.29, 0.717) is 11.8 Å². The van der Waals surface area contributed by atoms with Crippen molar-refractivity contribution in [3.8, 4) is 0 Å². The van der Waals surface area contributed by atoms with E-state index >= 15 is 0 Å². The molecule has 3 nitrogen and oxygen atoms in total. The van der Waals surface area contributed by atoms with E-state index in [1.54, 1.807) is 0 Å². The molecular weight excluding hydrogens is 188 g/mol. The fourth-order valence-electron chi connectivity index (χ4n) is 1.12. The van der Waals surface area contributed by atoms with Gasteiger partial charge in [-0.05, 0) is 37.8 Å². The van der Waals surface area contributed by atoms with Gasteiger partial charge in [-0.2, -0.15) is 0 Å². The molecule has 0 rings (SSSR count). The summed E-state index contributed by atoms with van der Waals surface area (Å²) in [6.45, 7) is 4.29. The molecule has 0 aliphatic rings. The number of allylic oxidation sites excluding steroid dienone is 2. The molecule has 0 fully saturated rings. The summed E-state index contributed by atoms with van der Waals surface area (Å²) in [5.41, 5.74) is 11.3. The summed E-state index contributed by atoms with van der Waals surface area (Å²) in [5, 5.41) is 0. The number of unbranched alkanes of at least 4 members (excludes halogenated alkanes) is 4. The zero-order chi connectivity index (χ0) is 11.5. The highest BCUT2D eigenvalue weighted by atomic mass is 16.5. The second-order valence-corrected chi connectivity index (χ2v) is 3.60. The monoisotopic (exact) mass is 212 g/mol. The van der Waals surface area contributed by atoms with E-state index in [9.17, 15) is 0 Å². The molecule has 15 heavy (non-hydrogen) atoms. The van der Waals surface area contributed by atoms with Crippen molar-refractivity contribution in [1.29, 1.82) is 0 Å². The maximum absolute atomic E-state index is 5.64. The third kappa shape index (κ3) is 9.19. The molecule has 0 aliphatic heterocycles. The average molecular weight is 212 g/mol. The van der Waals surface area contributed by atoms with Crippen LogP contribution in [0.5, 0.6) is 0 Å². The molecule has 0 aromatic heterocycles. The second-order valence-electron chi connectivity index (χ2n) is 3.60. The van der Waals surface area contributed by atoms with Gasteiger partial charge in [-0.1, -0.05) is 26.7 Å². The number of ether oxygens (including phenoxy) is 1. The minimum atomic E-state index is 0.411. The molecule has 0 aliphatic carbocycles. The van der Waals surface area contributed by atoms with Crippen LogP contribution in [0.2, 0.25) is 0 Å². The molecule has 0 bridgehead atoms. The SMILES string of the molecule is CCCCC=C(N)OC(N)=CCCCC. The van der Waals surface area contributed by atoms with Crippen molar-refractivity contribution in [2.24, 2.45) is 11.5 Å². The lowest BCUT2D eigenvalue weighted by Gasteiger charge is -2.05. The van der Waals surface area contributed by atoms with Crippen molar-refractivity contribution >= 4 is 0 Å². The third-order valence-electron chi connectivity index (χ3n) is 2.04. The quantitative estimate of drug-likeness (QED) is 0.480. The van der Waals surface area contributed by atoms with Crippen molar-refractivity contribution in [3.63, 3.8) is 0 Å². The topological polar surface area (TPSA) is 61.3 Å². The standard InChI is InChI=1S/C12H24N2O/c1-3-5-7-9-11(13)15-12(14)10-8-6-4-2/h9-10H,3-8,13-14H2,1-2H3. The Kier molecular flexibility index (Phi) is 8.73. The maximum atomic E-state index is 5.64. The van der Waals surface area contributed by atoms with Crippen LogP contribution in [0, 0.1) is 0 Å². The van der Waals surface area contributed by atoms with E-state index in [1.165, 1.54) is 0 Å². The Balaban J connectivity index is 3.78. The Morgan fingerprint density at radius 1 is 0.933 bits per heavy atom. The van der Waals surface area contributed by atoms with Crippen molar-refractivity contribution in [1.82, 2.24) is 0 Å². The zero-order valence-electron chi connectivity index (χ0n) is 9.96. The molecule has 0 unspecified atom stereocenters. The molecule has 3 heteroatoms. The smallest absolute Gasteiger partial charge is 0.188 e. The highest BCUT2D eigenvalue weighted by Gasteiger charge is 1.93. The molecule has 4 N–H and O–H groups in total. The molecule has 0 spiro atoms. The van der Waals surface area contributed by atoms with Crippen LogP contribution in [0.3, 0.4) is 0 Å². The van der Waals surface area contributed by atoms with Gasteiger partial charge in [0.2, 0.25) is 0 Å². The molecule has 0 aromatic rings. The van der Waals surface area contributed by atoms with E-state index in [1.807, 2.05) is 12.2 Å². The van der Waals surface area contributed by atoms with Crippen molar-refractivity contribution < 1.29 is 4.74 Å². The Bertz CT molecular complexity index is 188. The highest BCUT2D eigenvalue weighted by Crippen LogP contribution is 2.03. The van der Waals surface area contributed by atoms with Crippen LogP contribution in [-0.2, 0) is 4.74 Å². The van der Waals surface area contributed by atoms with Crippen LogP contribution >= 0.6 is 0 Å². The number of nitrogens with two attached hydrogens (primary N) is 2. The number of hydrogen-bond donors (Lipinski definition) is 2. The maximum Gasteiger partial charge on any atom is 0.188 e. The van der Waals surface area contributed by atoms with Crippen molar-refractivity contribution in [2.75, 3.05) is 0 Å². The van der Waals surface area contributed by atoms with Crippen molar-refractivity contribution in [3.05, 3.63) is 23.9 Å². The predicted molar refractivity (Wildman–Crippen MR) is 64.7 cm³/mol. The van der Waals surface area contributed by atoms with Gasteiger partial charge in [-0.3, -0.25) is 0 Å². The van der Waals surface area contributed by atoms with E-state index < -0.39 is 0 Å². The first kappa shape index (κ1) is 13.9. The number of rotatable bonds is 8. The first-order valence-corrected chi connectivity index (χ1v) is 5.79. The van der Waals surface area contributed by atoms with Crippen LogP contribution in [0.1, 0.15) is 52.4 Å². The Hall–Kier alpha value is -1.12. The van der Waals surface area contributed by atoms with Gasteiger partial charge < -0.3 is 16.2 Å². The predicted octanol–water partition coefficient (Wildman–Crippen LogP) is 2.98. The molecule has 0 amide bonds. The third-order valence-corrected chi connectivity index (χ3v) is 2.04. The molecule has 0 saturated heterocycles. The van der Waals surface area contributed by atoms with E-state index in [-0.39, 0.29) is 0 Å². The van der Waals surface area contributed by atoms with Crippen LogP contribution in [0.15, 0.2) is 23.9 Å². The van der Waals surface area contributed by atoms with Gasteiger partial charge in [0.25, 0.3) is 0 Å². The summed E-state index contributed by atoms with van der Waals surface area (Å²) >= 11 is 0. The zero-order valence-corrected chi connectivity index (χ0v) is 9.96. The normalized spacial score (nSPS) is 12.9. The molecule has 88 valence electrons. The summed E-state index contributed by atoms with van der Waals surface area (Å²) in [4.78, 5) is 0. The van der Waals surface area contributed by atoms with Gasteiger partial charge in [0.1, 0.15) is 0 Å². The van der Waals surface area contributed by atoms with Crippen LogP contribution < -0.4 is 11.5 Å².